The fraction of sp³-hybridized carbons (Fsp3) is 0.889. The van der Waals surface area contributed by atoms with Gasteiger partial charge in [-0.1, -0.05) is 91.9 Å². The van der Waals surface area contributed by atoms with Crippen LogP contribution >= 0.6 is 0 Å². The molecular formula is C18H46NiSi2. The fourth-order valence-corrected chi connectivity index (χ4v) is 7.14. The molecule has 3 heteroatoms. The number of hydrogen-bond acceptors (Lipinski definition) is 0. The second-order valence-corrected chi connectivity index (χ2v) is 19.6. The summed E-state index contributed by atoms with van der Waals surface area (Å²) in [6.45, 7) is 23.9. The molecule has 0 nitrogen and oxygen atoms in total. The van der Waals surface area contributed by atoms with Crippen LogP contribution in [0.3, 0.4) is 0 Å². The van der Waals surface area contributed by atoms with Crippen LogP contribution in [0.15, 0.2) is 0 Å². The van der Waals surface area contributed by atoms with E-state index in [1.54, 1.807) is 0 Å². The van der Waals surface area contributed by atoms with Gasteiger partial charge in [0.1, 0.15) is 0 Å². The summed E-state index contributed by atoms with van der Waals surface area (Å²) in [5, 5.41) is 0. The van der Waals surface area contributed by atoms with Crippen LogP contribution in [0.4, 0.5) is 0 Å². The van der Waals surface area contributed by atoms with Crippen LogP contribution in [0.1, 0.15) is 40.5 Å². The quantitative estimate of drug-likeness (QED) is 0.329. The maximum Gasteiger partial charge on any atom is 2.00 e. The van der Waals surface area contributed by atoms with Crippen LogP contribution in [0, 0.1) is 26.7 Å². The van der Waals surface area contributed by atoms with E-state index < -0.39 is 16.1 Å². The Morgan fingerprint density at radius 3 is 0.857 bits per heavy atom. The standard InChI is InChI=1S/2C8H20Si.2CH3.Ni/c2*1-6-8(2)7-9(3,4)5;;;/h2*8H,6-7H2,1-5H3;2*1H3;/q;;2*-1;+2. The molecule has 0 fully saturated rings. The minimum atomic E-state index is -0.741. The van der Waals surface area contributed by atoms with Crippen LogP contribution in [0.5, 0.6) is 0 Å². The van der Waals surface area contributed by atoms with Gasteiger partial charge in [0, 0.05) is 16.1 Å². The normalized spacial score (nSPS) is 13.4. The van der Waals surface area contributed by atoms with Crippen molar-refractivity contribution in [3.8, 4) is 0 Å². The summed E-state index contributed by atoms with van der Waals surface area (Å²) in [5.74, 6) is 1.91. The third kappa shape index (κ3) is 33.6. The molecule has 0 N–H and O–H groups in total. The van der Waals surface area contributed by atoms with E-state index in [2.05, 4.69) is 67.0 Å². The monoisotopic (exact) mass is 376 g/mol. The van der Waals surface area contributed by atoms with Gasteiger partial charge >= 0.3 is 16.5 Å². The molecule has 0 saturated carbocycles. The largest absolute Gasteiger partial charge is 2.00 e. The zero-order chi connectivity index (χ0) is 15.0. The van der Waals surface area contributed by atoms with Gasteiger partial charge < -0.3 is 14.9 Å². The van der Waals surface area contributed by atoms with Gasteiger partial charge in [0.05, 0.1) is 0 Å². The van der Waals surface area contributed by atoms with Gasteiger partial charge in [0.25, 0.3) is 0 Å². The number of hydrogen-bond donors (Lipinski definition) is 0. The van der Waals surface area contributed by atoms with Crippen LogP contribution in [0.25, 0.3) is 0 Å². The Balaban J connectivity index is -0.0000000711. The van der Waals surface area contributed by atoms with Crippen molar-refractivity contribution >= 4 is 16.1 Å². The first kappa shape index (κ1) is 33.5. The SMILES string of the molecule is CCC(C)C[Si](C)(C)C.CCC(C)C[Si](C)(C)C.[CH3-].[CH3-].[Ni+2]. The summed E-state index contributed by atoms with van der Waals surface area (Å²) in [6, 6.07) is 2.98. The summed E-state index contributed by atoms with van der Waals surface area (Å²) in [6.07, 6.45) is 2.70. The van der Waals surface area contributed by atoms with Crippen molar-refractivity contribution in [2.24, 2.45) is 11.8 Å². The van der Waals surface area contributed by atoms with Crippen molar-refractivity contribution in [2.45, 2.75) is 91.9 Å². The molecule has 0 aromatic rings. The fourth-order valence-electron chi connectivity index (χ4n) is 2.38. The predicted molar refractivity (Wildman–Crippen MR) is 108 cm³/mol. The first-order valence-corrected chi connectivity index (χ1v) is 15.3. The van der Waals surface area contributed by atoms with Gasteiger partial charge in [0.2, 0.25) is 0 Å². The summed E-state index contributed by atoms with van der Waals surface area (Å²) in [4.78, 5) is 0. The van der Waals surface area contributed by atoms with Crippen molar-refractivity contribution in [2.75, 3.05) is 0 Å². The van der Waals surface area contributed by atoms with Crippen molar-refractivity contribution in [3.63, 3.8) is 0 Å². The third-order valence-electron chi connectivity index (χ3n) is 3.32. The molecule has 0 aromatic heterocycles. The zero-order valence-corrected chi connectivity index (χ0v) is 20.3. The van der Waals surface area contributed by atoms with Crippen LogP contribution in [-0.2, 0) is 16.5 Å². The Labute approximate surface area is 151 Å². The van der Waals surface area contributed by atoms with E-state index in [9.17, 15) is 0 Å². The first-order chi connectivity index (χ1) is 7.91. The van der Waals surface area contributed by atoms with Gasteiger partial charge in [-0.05, 0) is 11.8 Å². The van der Waals surface area contributed by atoms with E-state index in [0.29, 0.717) is 0 Å². The van der Waals surface area contributed by atoms with Gasteiger partial charge in [-0.15, -0.1) is 0 Å². The Morgan fingerprint density at radius 2 is 0.810 bits per heavy atom. The van der Waals surface area contributed by atoms with Crippen molar-refractivity contribution in [3.05, 3.63) is 14.9 Å². The smallest absolute Gasteiger partial charge is 0.358 e. The van der Waals surface area contributed by atoms with E-state index in [0.717, 1.165) is 11.8 Å². The van der Waals surface area contributed by atoms with Crippen molar-refractivity contribution in [1.82, 2.24) is 0 Å². The third-order valence-corrected chi connectivity index (χ3v) is 7.16. The molecule has 0 aliphatic rings. The van der Waals surface area contributed by atoms with Crippen molar-refractivity contribution in [1.29, 1.82) is 0 Å². The first-order valence-electron chi connectivity index (χ1n) is 7.91. The maximum absolute atomic E-state index is 2.44. The molecule has 0 radical (unpaired) electrons. The van der Waals surface area contributed by atoms with E-state index in [4.69, 9.17) is 0 Å². The molecule has 21 heavy (non-hydrogen) atoms. The molecule has 2 unspecified atom stereocenters. The van der Waals surface area contributed by atoms with Crippen LogP contribution < -0.4 is 0 Å². The van der Waals surface area contributed by atoms with Gasteiger partial charge in [0.15, 0.2) is 0 Å². The Morgan fingerprint density at radius 1 is 0.619 bits per heavy atom. The minimum Gasteiger partial charge on any atom is -0.358 e. The molecule has 0 aliphatic carbocycles. The molecule has 0 amide bonds. The average molecular weight is 377 g/mol. The Kier molecular flexibility index (Phi) is 25.2. The molecule has 0 spiro atoms. The molecule has 0 heterocycles. The molecule has 0 bridgehead atoms. The molecule has 2 atom stereocenters. The summed E-state index contributed by atoms with van der Waals surface area (Å²) >= 11 is 0. The summed E-state index contributed by atoms with van der Waals surface area (Å²) in [5.41, 5.74) is 0. The molecule has 136 valence electrons. The Bertz CT molecular complexity index is 170. The second-order valence-electron chi connectivity index (χ2n) is 8.56. The predicted octanol–water partition coefficient (Wildman–Crippen LogP) is 7.64. The van der Waals surface area contributed by atoms with Gasteiger partial charge in [-0.3, -0.25) is 0 Å². The zero-order valence-electron chi connectivity index (χ0n) is 17.3. The molecule has 0 aromatic carbocycles. The minimum absolute atomic E-state index is 0. The number of rotatable bonds is 6. The van der Waals surface area contributed by atoms with E-state index in [1.807, 2.05) is 0 Å². The van der Waals surface area contributed by atoms with Gasteiger partial charge in [-0.25, -0.2) is 0 Å². The van der Waals surface area contributed by atoms with E-state index in [-0.39, 0.29) is 31.3 Å². The molecule has 0 saturated heterocycles. The second kappa shape index (κ2) is 15.8. The van der Waals surface area contributed by atoms with Crippen LogP contribution in [0.2, 0.25) is 51.4 Å². The molecule has 0 rings (SSSR count). The summed E-state index contributed by atoms with van der Waals surface area (Å²) in [7, 11) is -1.48. The topological polar surface area (TPSA) is 0 Å². The average Bonchev–Trinajstić information content (AvgIpc) is 2.13. The van der Waals surface area contributed by atoms with Gasteiger partial charge in [-0.2, -0.15) is 0 Å². The molecular weight excluding hydrogens is 331 g/mol. The van der Waals surface area contributed by atoms with E-state index in [1.165, 1.54) is 24.9 Å². The van der Waals surface area contributed by atoms with E-state index >= 15 is 0 Å². The molecule has 0 aliphatic heterocycles. The Hall–Kier alpha value is 0.927. The maximum atomic E-state index is 2.44. The van der Waals surface area contributed by atoms with Crippen molar-refractivity contribution < 1.29 is 16.5 Å². The van der Waals surface area contributed by atoms with Crippen LogP contribution in [-0.4, -0.2) is 16.1 Å². The summed E-state index contributed by atoms with van der Waals surface area (Å²) < 4.78 is 0.